The second kappa shape index (κ2) is 10.7. The lowest BCUT2D eigenvalue weighted by atomic mass is 9.84. The van der Waals surface area contributed by atoms with Gasteiger partial charge in [0.2, 0.25) is 5.91 Å². The van der Waals surface area contributed by atoms with Gasteiger partial charge >= 0.3 is 5.97 Å². The molecule has 1 amide bonds. The van der Waals surface area contributed by atoms with E-state index in [4.69, 9.17) is 25.8 Å². The lowest BCUT2D eigenvalue weighted by molar-refractivity contribution is -0.140. The molecule has 2 aromatic carbocycles. The number of halogens is 1. The summed E-state index contributed by atoms with van der Waals surface area (Å²) in [5.74, 6) is -0.296. The Balaban J connectivity index is 1.27. The summed E-state index contributed by atoms with van der Waals surface area (Å²) in [4.78, 5) is 39.5. The van der Waals surface area contributed by atoms with E-state index in [-0.39, 0.29) is 47.9 Å². The van der Waals surface area contributed by atoms with E-state index >= 15 is 0 Å². The molecule has 3 aliphatic rings. The van der Waals surface area contributed by atoms with Gasteiger partial charge in [-0.05, 0) is 87.6 Å². The Morgan fingerprint density at radius 1 is 1.21 bits per heavy atom. The quantitative estimate of drug-likeness (QED) is 0.234. The van der Waals surface area contributed by atoms with Crippen LogP contribution in [-0.2, 0) is 25.5 Å². The Kier molecular flexibility index (Phi) is 7.23. The number of hydrogen-bond donors (Lipinski definition) is 1. The zero-order valence-electron chi connectivity index (χ0n) is 23.9. The van der Waals surface area contributed by atoms with E-state index in [1.807, 2.05) is 32.1 Å². The van der Waals surface area contributed by atoms with E-state index in [2.05, 4.69) is 11.9 Å². The number of rotatable bonds is 5. The van der Waals surface area contributed by atoms with E-state index < -0.39 is 0 Å². The molecule has 4 atom stereocenters. The summed E-state index contributed by atoms with van der Waals surface area (Å²) in [6.07, 6.45) is 4.31. The average molecular weight is 589 g/mol. The first-order valence-electron chi connectivity index (χ1n) is 14.1. The molecule has 3 aromatic rings. The molecule has 0 bridgehead atoms. The molecule has 2 fully saturated rings. The normalized spacial score (nSPS) is 26.5. The van der Waals surface area contributed by atoms with Gasteiger partial charge < -0.3 is 19.5 Å². The van der Waals surface area contributed by atoms with Crippen LogP contribution in [0.2, 0.25) is 5.02 Å². The summed E-state index contributed by atoms with van der Waals surface area (Å²) in [5.41, 5.74) is 3.51. The van der Waals surface area contributed by atoms with Crippen LogP contribution in [0, 0.1) is 12.8 Å². The van der Waals surface area contributed by atoms with Gasteiger partial charge in [-0.25, -0.2) is 4.79 Å². The molecule has 6 rings (SSSR count). The van der Waals surface area contributed by atoms with Crippen molar-refractivity contribution in [1.82, 2.24) is 9.88 Å². The van der Waals surface area contributed by atoms with Crippen molar-refractivity contribution in [2.45, 2.75) is 63.8 Å². The smallest absolute Gasteiger partial charge is 0.334 e. The highest BCUT2D eigenvalue weighted by molar-refractivity contribution is 6.30. The monoisotopic (exact) mass is 588 g/mol. The molecule has 9 heteroatoms. The van der Waals surface area contributed by atoms with Crippen LogP contribution in [0.4, 0.5) is 0 Å². The highest BCUT2D eigenvalue weighted by Gasteiger charge is 2.61. The number of methoxy groups -OCH3 is 1. The molecule has 2 unspecified atom stereocenters. The topological polar surface area (TPSA) is 99.2 Å². The second-order valence-corrected chi connectivity index (χ2v) is 11.9. The van der Waals surface area contributed by atoms with E-state index in [1.165, 1.54) is 0 Å². The van der Waals surface area contributed by atoms with Crippen LogP contribution in [0.25, 0.3) is 10.9 Å². The van der Waals surface area contributed by atoms with E-state index in [0.29, 0.717) is 46.0 Å². The molecule has 8 nitrogen and oxygen atoms in total. The van der Waals surface area contributed by atoms with Crippen molar-refractivity contribution in [3.05, 3.63) is 88.2 Å². The number of nitrogens with one attached hydrogen (secondary N) is 1. The van der Waals surface area contributed by atoms with Gasteiger partial charge in [0.1, 0.15) is 18.0 Å². The lowest BCUT2D eigenvalue weighted by Crippen LogP contribution is -2.30. The third-order valence-electron chi connectivity index (χ3n) is 8.82. The number of carbonyl (C=O) groups excluding carboxylic acids is 3. The summed E-state index contributed by atoms with van der Waals surface area (Å²) in [6, 6.07) is 12.2. The van der Waals surface area contributed by atoms with Crippen LogP contribution in [0.1, 0.15) is 54.2 Å². The van der Waals surface area contributed by atoms with Gasteiger partial charge in [-0.3, -0.25) is 14.2 Å². The number of esters is 1. The molecule has 2 saturated heterocycles. The minimum Gasteiger partial charge on any atom is -0.497 e. The summed E-state index contributed by atoms with van der Waals surface area (Å²) < 4.78 is 18.7. The lowest BCUT2D eigenvalue weighted by Gasteiger charge is -2.20. The first-order valence-corrected chi connectivity index (χ1v) is 14.5. The number of allylic oxidation sites excluding steroid dienone is 2. The molecule has 0 spiro atoms. The van der Waals surface area contributed by atoms with Gasteiger partial charge in [0, 0.05) is 38.9 Å². The van der Waals surface area contributed by atoms with Crippen molar-refractivity contribution >= 4 is 40.3 Å². The van der Waals surface area contributed by atoms with Gasteiger partial charge in [0.05, 0.1) is 24.6 Å². The number of nitrogens with zero attached hydrogens (tertiary/aromatic N) is 1. The van der Waals surface area contributed by atoms with Crippen LogP contribution in [0.15, 0.2) is 66.4 Å². The Morgan fingerprint density at radius 2 is 1.98 bits per heavy atom. The fourth-order valence-corrected chi connectivity index (χ4v) is 6.48. The fourth-order valence-electron chi connectivity index (χ4n) is 6.35. The zero-order chi connectivity index (χ0) is 29.8. The number of epoxide rings is 1. The Labute approximate surface area is 249 Å². The first-order chi connectivity index (χ1) is 20.1. The predicted octanol–water partition coefficient (Wildman–Crippen LogP) is 5.67. The summed E-state index contributed by atoms with van der Waals surface area (Å²) in [5, 5.41) is 4.43. The third kappa shape index (κ3) is 5.03. The second-order valence-electron chi connectivity index (χ2n) is 11.5. The molecular weight excluding hydrogens is 556 g/mol. The highest BCUT2D eigenvalue weighted by Crippen LogP contribution is 2.49. The molecule has 218 valence electrons. The van der Waals surface area contributed by atoms with Crippen molar-refractivity contribution in [3.63, 3.8) is 0 Å². The molecule has 0 saturated carbocycles. The van der Waals surface area contributed by atoms with E-state index in [1.54, 1.807) is 42.0 Å². The van der Waals surface area contributed by atoms with Crippen LogP contribution >= 0.6 is 11.6 Å². The summed E-state index contributed by atoms with van der Waals surface area (Å²) in [6.45, 7) is 7.86. The Morgan fingerprint density at radius 3 is 2.71 bits per heavy atom. The highest BCUT2D eigenvalue weighted by atomic mass is 35.5. The first kappa shape index (κ1) is 28.2. The number of carbonyl (C=O) groups is 3. The number of amides is 1. The van der Waals surface area contributed by atoms with Crippen molar-refractivity contribution in [2.75, 3.05) is 7.11 Å². The van der Waals surface area contributed by atoms with E-state index in [0.717, 1.165) is 29.5 Å². The number of ether oxygens (including phenoxy) is 3. The largest absolute Gasteiger partial charge is 0.497 e. The fraction of sp³-hybridized carbons (Fsp3) is 0.364. The third-order valence-corrected chi connectivity index (χ3v) is 9.07. The maximum Gasteiger partial charge on any atom is 0.334 e. The molecule has 2 aliphatic heterocycles. The molecule has 1 aliphatic carbocycles. The standard InChI is InChI=1S/C33H33ClN2O6/c1-18-24-13-11-22(6-5-15-33(3)30(42-33)29(24)41-32(18)39)35-28(37)17-25-19(2)36(27-14-12-23(40-4)16-26(25)27)31(38)20-7-9-21(34)10-8-20/h6-10,12,14,16,24,29-30H,1,5,11,13,15,17H2,2-4H3,(H,35,37)/b22-6+/t24?,29-,30?,33+/m0/s1. The average Bonchev–Trinajstić information content (AvgIpc) is 3.46. The molecule has 1 aromatic heterocycles. The van der Waals surface area contributed by atoms with Crippen LogP contribution < -0.4 is 10.1 Å². The maximum atomic E-state index is 13.6. The maximum absolute atomic E-state index is 13.6. The number of aromatic nitrogens is 1. The SMILES string of the molecule is C=C1C(=O)O[C@H]2C1CC/C(NC(=O)Cc1c(C)n(C(=O)c3ccc(Cl)cc3)c3ccc(OC)cc13)=C\CC[C@@]1(C)OC21. The van der Waals surface area contributed by atoms with Gasteiger partial charge in [0.25, 0.3) is 5.91 Å². The number of hydrogen-bond acceptors (Lipinski definition) is 6. The number of fused-ring (bicyclic) bond motifs is 4. The zero-order valence-corrected chi connectivity index (χ0v) is 24.6. The van der Waals surface area contributed by atoms with Crippen molar-refractivity contribution in [2.24, 2.45) is 5.92 Å². The summed E-state index contributed by atoms with van der Waals surface area (Å²) in [7, 11) is 1.58. The van der Waals surface area contributed by atoms with Crippen molar-refractivity contribution in [1.29, 1.82) is 0 Å². The molecule has 1 N–H and O–H groups in total. The Hall–Kier alpha value is -3.88. The van der Waals surface area contributed by atoms with Gasteiger partial charge in [-0.2, -0.15) is 0 Å². The minimum absolute atomic E-state index is 0.0665. The molecule has 3 heterocycles. The minimum atomic E-state index is -0.368. The van der Waals surface area contributed by atoms with Gasteiger partial charge in [-0.15, -0.1) is 0 Å². The van der Waals surface area contributed by atoms with Crippen molar-refractivity contribution in [3.8, 4) is 5.75 Å². The van der Waals surface area contributed by atoms with E-state index in [9.17, 15) is 14.4 Å². The molecular formula is C33H33ClN2O6. The van der Waals surface area contributed by atoms with Crippen LogP contribution in [0.5, 0.6) is 5.75 Å². The summed E-state index contributed by atoms with van der Waals surface area (Å²) >= 11 is 6.04. The molecule has 0 radical (unpaired) electrons. The van der Waals surface area contributed by atoms with Crippen LogP contribution in [-0.4, -0.2) is 47.3 Å². The Bertz CT molecular complexity index is 1650. The molecule has 42 heavy (non-hydrogen) atoms. The number of benzene rings is 2. The van der Waals surface area contributed by atoms with Crippen LogP contribution in [0.3, 0.4) is 0 Å². The van der Waals surface area contributed by atoms with Gasteiger partial charge in [0.15, 0.2) is 0 Å². The van der Waals surface area contributed by atoms with Crippen molar-refractivity contribution < 1.29 is 28.6 Å². The van der Waals surface area contributed by atoms with Gasteiger partial charge in [-0.1, -0.05) is 24.3 Å². The predicted molar refractivity (Wildman–Crippen MR) is 159 cm³/mol.